The summed E-state index contributed by atoms with van der Waals surface area (Å²) in [4.78, 5) is 0. The highest BCUT2D eigenvalue weighted by molar-refractivity contribution is 5.37. The van der Waals surface area contributed by atoms with Crippen LogP contribution in [-0.2, 0) is 61.3 Å². The van der Waals surface area contributed by atoms with Crippen LogP contribution in [0.2, 0.25) is 0 Å². The molecule has 258 valence electrons. The fourth-order valence-electron chi connectivity index (χ4n) is 6.90. The van der Waals surface area contributed by atoms with Gasteiger partial charge in [0.1, 0.15) is 24.1 Å². The zero-order valence-corrected chi connectivity index (χ0v) is 28.4. The van der Waals surface area contributed by atoms with Crippen LogP contribution in [0.3, 0.4) is 0 Å². The molecule has 50 heavy (non-hydrogen) atoms. The summed E-state index contributed by atoms with van der Waals surface area (Å²) >= 11 is 0. The second kappa shape index (κ2) is 16.1. The summed E-state index contributed by atoms with van der Waals surface area (Å²) in [6, 6.07) is 48.4. The average molecular weight is 673 g/mol. The number of hydrogen-bond donors (Lipinski definition) is 0. The molecule has 7 nitrogen and oxygen atoms in total. The minimum absolute atomic E-state index is 0.227. The highest BCUT2D eigenvalue weighted by Gasteiger charge is 2.70. The molecule has 5 aromatic rings. The van der Waals surface area contributed by atoms with Gasteiger partial charge in [-0.2, -0.15) is 0 Å². The van der Waals surface area contributed by atoms with Crippen molar-refractivity contribution in [2.45, 2.75) is 69.2 Å². The van der Waals surface area contributed by atoms with Crippen molar-refractivity contribution in [1.29, 1.82) is 0 Å². The maximum Gasteiger partial charge on any atom is 0.268 e. The topological polar surface area (TPSA) is 64.6 Å². The van der Waals surface area contributed by atoms with E-state index >= 15 is 0 Å². The molecule has 0 radical (unpaired) electrons. The quantitative estimate of drug-likeness (QED) is 0.111. The third kappa shape index (κ3) is 7.54. The molecule has 2 heterocycles. The van der Waals surface area contributed by atoms with Crippen molar-refractivity contribution in [3.8, 4) is 5.75 Å². The lowest BCUT2D eigenvalue weighted by Gasteiger charge is -2.58. The van der Waals surface area contributed by atoms with E-state index in [0.29, 0.717) is 32.7 Å². The van der Waals surface area contributed by atoms with Crippen LogP contribution in [0.5, 0.6) is 5.75 Å². The Morgan fingerprint density at radius 3 is 1.72 bits per heavy atom. The predicted octanol–water partition coefficient (Wildman–Crippen LogP) is 8.05. The number of para-hydroxylation sites is 1. The summed E-state index contributed by atoms with van der Waals surface area (Å²) in [5.74, 6) is -2.24. The van der Waals surface area contributed by atoms with E-state index in [-0.39, 0.29) is 13.2 Å². The van der Waals surface area contributed by atoms with Gasteiger partial charge >= 0.3 is 0 Å². The van der Waals surface area contributed by atoms with Crippen LogP contribution in [0.4, 0.5) is 0 Å². The molecule has 5 atom stereocenters. The van der Waals surface area contributed by atoms with Crippen molar-refractivity contribution >= 4 is 0 Å². The van der Waals surface area contributed by atoms with Crippen molar-refractivity contribution in [2.75, 3.05) is 13.7 Å². The Balaban J connectivity index is 1.30. The zero-order valence-electron chi connectivity index (χ0n) is 28.4. The van der Waals surface area contributed by atoms with Crippen LogP contribution in [0.25, 0.3) is 0 Å². The molecule has 1 saturated heterocycles. The molecule has 1 spiro atoms. The van der Waals surface area contributed by atoms with Gasteiger partial charge in [-0.05, 0) is 40.3 Å². The molecule has 0 bridgehead atoms. The van der Waals surface area contributed by atoms with E-state index in [9.17, 15) is 0 Å². The van der Waals surface area contributed by atoms with Gasteiger partial charge in [-0.3, -0.25) is 0 Å². The van der Waals surface area contributed by atoms with Crippen molar-refractivity contribution in [2.24, 2.45) is 0 Å². The van der Waals surface area contributed by atoms with Crippen LogP contribution in [0, 0.1) is 0 Å². The van der Waals surface area contributed by atoms with Crippen LogP contribution in [-0.4, -0.2) is 43.6 Å². The molecule has 0 N–H and O–H groups in total. The Bertz CT molecular complexity index is 1750. The third-order valence-corrected chi connectivity index (χ3v) is 9.43. The second-order valence-electron chi connectivity index (χ2n) is 12.7. The summed E-state index contributed by atoms with van der Waals surface area (Å²) in [7, 11) is 1.64. The van der Waals surface area contributed by atoms with Crippen molar-refractivity contribution in [3.63, 3.8) is 0 Å². The predicted molar refractivity (Wildman–Crippen MR) is 190 cm³/mol. The molecule has 0 aromatic heterocycles. The number of ether oxygens (including phenoxy) is 7. The maximum absolute atomic E-state index is 7.19. The van der Waals surface area contributed by atoms with Gasteiger partial charge in [0.05, 0.1) is 33.0 Å². The fraction of sp³-hybridized carbons (Fsp3) is 0.302. The molecule has 0 amide bonds. The molecule has 5 aromatic carbocycles. The number of fused-ring (bicyclic) bond motifs is 1. The van der Waals surface area contributed by atoms with Gasteiger partial charge in [-0.15, -0.1) is 0 Å². The smallest absolute Gasteiger partial charge is 0.268 e. The van der Waals surface area contributed by atoms with Gasteiger partial charge in [0.25, 0.3) is 11.6 Å². The van der Waals surface area contributed by atoms with Gasteiger partial charge in [-0.1, -0.05) is 140 Å². The van der Waals surface area contributed by atoms with E-state index in [0.717, 1.165) is 33.6 Å². The molecule has 0 saturated carbocycles. The molecule has 2 aliphatic rings. The Labute approximate surface area is 294 Å². The standard InChI is InChI=1S/C43H44O7/c1-44-43(48-31-36-22-12-5-13-23-36)41(47-30-35-20-10-4-11-21-35)40(46-29-34-18-8-3-9-19-34)39(32-45-28-33-16-6-2-7-17-33)50-42(43)27-26-37-24-14-15-25-38(37)49-42/h2-25,39-41H,26-32H2,1H3/t39-,40-,41+,42+,43+/m1/s1. The van der Waals surface area contributed by atoms with Gasteiger partial charge in [0.2, 0.25) is 0 Å². The number of hydrogen-bond acceptors (Lipinski definition) is 7. The lowest BCUT2D eigenvalue weighted by molar-refractivity contribution is -0.467. The van der Waals surface area contributed by atoms with Gasteiger partial charge < -0.3 is 33.2 Å². The Morgan fingerprint density at radius 1 is 0.600 bits per heavy atom. The van der Waals surface area contributed by atoms with Crippen LogP contribution in [0.1, 0.15) is 34.2 Å². The van der Waals surface area contributed by atoms with Gasteiger partial charge in [-0.25, -0.2) is 0 Å². The van der Waals surface area contributed by atoms with Crippen LogP contribution < -0.4 is 4.74 Å². The molecular weight excluding hydrogens is 628 g/mol. The minimum Gasteiger partial charge on any atom is -0.456 e. The first kappa shape index (κ1) is 34.1. The van der Waals surface area contributed by atoms with E-state index in [4.69, 9.17) is 33.2 Å². The van der Waals surface area contributed by atoms with Gasteiger partial charge in [0, 0.05) is 13.5 Å². The largest absolute Gasteiger partial charge is 0.456 e. The molecular formula is C43H44O7. The number of rotatable bonds is 14. The zero-order chi connectivity index (χ0) is 34.1. The first-order valence-corrected chi connectivity index (χ1v) is 17.3. The molecule has 1 fully saturated rings. The van der Waals surface area contributed by atoms with E-state index in [1.807, 2.05) is 140 Å². The first-order valence-electron chi connectivity index (χ1n) is 17.3. The summed E-state index contributed by atoms with van der Waals surface area (Å²) in [6.07, 6.45) is -0.925. The summed E-state index contributed by atoms with van der Waals surface area (Å²) < 4.78 is 48.0. The number of aryl methyl sites for hydroxylation is 1. The maximum atomic E-state index is 7.19. The van der Waals surface area contributed by atoms with E-state index in [1.165, 1.54) is 0 Å². The van der Waals surface area contributed by atoms with E-state index in [1.54, 1.807) is 7.11 Å². The monoisotopic (exact) mass is 672 g/mol. The highest BCUT2D eigenvalue weighted by atomic mass is 16.8. The Morgan fingerprint density at radius 2 is 1.12 bits per heavy atom. The lowest BCUT2D eigenvalue weighted by Crippen LogP contribution is -2.77. The van der Waals surface area contributed by atoms with Crippen LogP contribution in [0.15, 0.2) is 146 Å². The Hall–Kier alpha value is -4.34. The van der Waals surface area contributed by atoms with Crippen molar-refractivity contribution < 1.29 is 33.2 Å². The molecule has 2 aliphatic heterocycles. The van der Waals surface area contributed by atoms with E-state index < -0.39 is 29.9 Å². The van der Waals surface area contributed by atoms with Gasteiger partial charge in [0.15, 0.2) is 0 Å². The SMILES string of the molecule is CO[C@]1(OCc2ccccc2)[C@@H](OCc2ccccc2)[C@H](OCc2ccccc2)[C@@H](COCc2ccccc2)O[C@@]12CCc1ccccc1O2. The Kier molecular flexibility index (Phi) is 11.0. The minimum atomic E-state index is -1.55. The fourth-order valence-corrected chi connectivity index (χ4v) is 6.90. The van der Waals surface area contributed by atoms with Crippen molar-refractivity contribution in [1.82, 2.24) is 0 Å². The number of methoxy groups -OCH3 is 1. The average Bonchev–Trinajstić information content (AvgIpc) is 3.18. The van der Waals surface area contributed by atoms with Crippen molar-refractivity contribution in [3.05, 3.63) is 173 Å². The van der Waals surface area contributed by atoms with E-state index in [2.05, 4.69) is 6.07 Å². The van der Waals surface area contributed by atoms with Crippen LogP contribution >= 0.6 is 0 Å². The third-order valence-electron chi connectivity index (χ3n) is 9.43. The first-order chi connectivity index (χ1) is 24.7. The molecule has 7 rings (SSSR count). The summed E-state index contributed by atoms with van der Waals surface area (Å²) in [5, 5.41) is 0. The highest BCUT2D eigenvalue weighted by Crippen LogP contribution is 2.51. The summed E-state index contributed by atoms with van der Waals surface area (Å²) in [6.45, 7) is 1.49. The normalized spacial score (nSPS) is 24.4. The molecule has 7 heteroatoms. The number of benzene rings is 5. The lowest BCUT2D eigenvalue weighted by atomic mass is 9.83. The molecule has 0 unspecified atom stereocenters. The second-order valence-corrected chi connectivity index (χ2v) is 12.7. The summed E-state index contributed by atoms with van der Waals surface area (Å²) in [5.41, 5.74) is 5.17. The molecule has 0 aliphatic carbocycles.